The molecule has 26 heavy (non-hydrogen) atoms. The maximum atomic E-state index is 12.6. The summed E-state index contributed by atoms with van der Waals surface area (Å²) in [4.78, 5) is 26.7. The second-order valence-electron chi connectivity index (χ2n) is 7.16. The average Bonchev–Trinajstić information content (AvgIpc) is 3.03. The minimum Gasteiger partial charge on any atom is -0.326 e. The molecule has 2 amide bonds. The largest absolute Gasteiger partial charge is 0.326 e. The van der Waals surface area contributed by atoms with E-state index in [2.05, 4.69) is 31.3 Å². The summed E-state index contributed by atoms with van der Waals surface area (Å²) in [5.41, 5.74) is 4.02. The van der Waals surface area contributed by atoms with Crippen LogP contribution in [0.15, 0.2) is 48.5 Å². The minimum absolute atomic E-state index is 0.00266. The molecule has 1 saturated heterocycles. The molecule has 1 aliphatic rings. The molecule has 136 valence electrons. The third-order valence-electron chi connectivity index (χ3n) is 5.17. The topological polar surface area (TPSA) is 49.4 Å². The van der Waals surface area contributed by atoms with Gasteiger partial charge in [0.1, 0.15) is 0 Å². The van der Waals surface area contributed by atoms with Crippen LogP contribution in [-0.2, 0) is 9.59 Å². The molecule has 2 unspecified atom stereocenters. The van der Waals surface area contributed by atoms with Gasteiger partial charge in [-0.15, -0.1) is 0 Å². The standard InChI is InChI=1S/C22H26N2O2/c1-4-16(3)17-8-10-19(11-9-17)23-22(26)18-13-21(25)24(14-18)20-7-5-6-15(2)12-20/h5-12,16,18H,4,13-14H2,1-3H3,(H,23,26). The van der Waals surface area contributed by atoms with Crippen molar-refractivity contribution < 1.29 is 9.59 Å². The van der Waals surface area contributed by atoms with Gasteiger partial charge in [-0.3, -0.25) is 9.59 Å². The van der Waals surface area contributed by atoms with Crippen molar-refractivity contribution in [2.45, 2.75) is 39.5 Å². The summed E-state index contributed by atoms with van der Waals surface area (Å²) in [5, 5.41) is 2.95. The monoisotopic (exact) mass is 350 g/mol. The highest BCUT2D eigenvalue weighted by molar-refractivity contribution is 6.03. The molecule has 3 rings (SSSR count). The zero-order chi connectivity index (χ0) is 18.7. The van der Waals surface area contributed by atoms with Crippen molar-refractivity contribution in [3.63, 3.8) is 0 Å². The number of anilines is 2. The maximum absolute atomic E-state index is 12.6. The minimum atomic E-state index is -0.322. The van der Waals surface area contributed by atoms with Crippen LogP contribution in [0.1, 0.15) is 43.7 Å². The molecule has 0 bridgehead atoms. The van der Waals surface area contributed by atoms with Crippen LogP contribution in [0.4, 0.5) is 11.4 Å². The van der Waals surface area contributed by atoms with Crippen LogP contribution in [0.25, 0.3) is 0 Å². The predicted molar refractivity (Wildman–Crippen MR) is 105 cm³/mol. The number of carbonyl (C=O) groups excluding carboxylic acids is 2. The molecule has 0 saturated carbocycles. The predicted octanol–water partition coefficient (Wildman–Crippen LogP) is 4.50. The fraction of sp³-hybridized carbons (Fsp3) is 0.364. The van der Waals surface area contributed by atoms with Crippen LogP contribution in [0.2, 0.25) is 0 Å². The fourth-order valence-corrected chi connectivity index (χ4v) is 3.30. The molecule has 2 aromatic rings. The van der Waals surface area contributed by atoms with Crippen LogP contribution in [0.3, 0.4) is 0 Å². The van der Waals surface area contributed by atoms with Gasteiger partial charge in [-0.1, -0.05) is 38.1 Å². The van der Waals surface area contributed by atoms with Crippen molar-refractivity contribution >= 4 is 23.2 Å². The van der Waals surface area contributed by atoms with E-state index >= 15 is 0 Å². The normalized spacial score (nSPS) is 18.0. The lowest BCUT2D eigenvalue weighted by atomic mass is 9.98. The lowest BCUT2D eigenvalue weighted by molar-refractivity contribution is -0.122. The average molecular weight is 350 g/mol. The summed E-state index contributed by atoms with van der Waals surface area (Å²) >= 11 is 0. The molecule has 4 nitrogen and oxygen atoms in total. The van der Waals surface area contributed by atoms with Gasteiger partial charge < -0.3 is 10.2 Å². The summed E-state index contributed by atoms with van der Waals surface area (Å²) < 4.78 is 0. The Morgan fingerprint density at radius 1 is 1.23 bits per heavy atom. The van der Waals surface area contributed by atoms with Gasteiger partial charge in [0, 0.05) is 24.3 Å². The first kappa shape index (κ1) is 18.2. The summed E-state index contributed by atoms with van der Waals surface area (Å²) in [6.07, 6.45) is 1.34. The SMILES string of the molecule is CCC(C)c1ccc(NC(=O)C2CC(=O)N(c3cccc(C)c3)C2)cc1. The molecule has 1 fully saturated rings. The smallest absolute Gasteiger partial charge is 0.229 e. The quantitative estimate of drug-likeness (QED) is 0.863. The van der Waals surface area contributed by atoms with Crippen LogP contribution >= 0.6 is 0 Å². The molecule has 0 radical (unpaired) electrons. The first-order valence-electron chi connectivity index (χ1n) is 9.25. The van der Waals surface area contributed by atoms with Gasteiger partial charge in [0.25, 0.3) is 0 Å². The number of benzene rings is 2. The van der Waals surface area contributed by atoms with E-state index < -0.39 is 0 Å². The number of nitrogens with one attached hydrogen (secondary N) is 1. The van der Waals surface area contributed by atoms with Gasteiger partial charge in [0.05, 0.1) is 5.92 Å². The first-order chi connectivity index (χ1) is 12.5. The number of hydrogen-bond donors (Lipinski definition) is 1. The molecular formula is C22H26N2O2. The van der Waals surface area contributed by atoms with E-state index in [1.807, 2.05) is 43.3 Å². The zero-order valence-electron chi connectivity index (χ0n) is 15.7. The van der Waals surface area contributed by atoms with Gasteiger partial charge in [-0.2, -0.15) is 0 Å². The molecule has 1 N–H and O–H groups in total. The first-order valence-corrected chi connectivity index (χ1v) is 9.25. The van der Waals surface area contributed by atoms with Gasteiger partial charge in [0.15, 0.2) is 0 Å². The van der Waals surface area contributed by atoms with E-state index in [9.17, 15) is 9.59 Å². The Morgan fingerprint density at radius 3 is 2.62 bits per heavy atom. The van der Waals surface area contributed by atoms with E-state index in [0.29, 0.717) is 12.5 Å². The van der Waals surface area contributed by atoms with Gasteiger partial charge in [0.2, 0.25) is 11.8 Å². The highest BCUT2D eigenvalue weighted by Gasteiger charge is 2.35. The lowest BCUT2D eigenvalue weighted by Gasteiger charge is -2.17. The Kier molecular flexibility index (Phi) is 5.40. The van der Waals surface area contributed by atoms with Gasteiger partial charge in [-0.25, -0.2) is 0 Å². The highest BCUT2D eigenvalue weighted by Crippen LogP contribution is 2.27. The molecule has 0 aliphatic carbocycles. The molecular weight excluding hydrogens is 324 g/mol. The van der Waals surface area contributed by atoms with Gasteiger partial charge >= 0.3 is 0 Å². The van der Waals surface area contributed by atoms with Crippen molar-refractivity contribution in [2.24, 2.45) is 5.92 Å². The van der Waals surface area contributed by atoms with Gasteiger partial charge in [-0.05, 0) is 54.7 Å². The second kappa shape index (κ2) is 7.73. The molecule has 0 aromatic heterocycles. The third-order valence-corrected chi connectivity index (χ3v) is 5.17. The van der Waals surface area contributed by atoms with E-state index in [1.165, 1.54) is 5.56 Å². The third kappa shape index (κ3) is 3.96. The van der Waals surface area contributed by atoms with Crippen molar-refractivity contribution in [3.05, 3.63) is 59.7 Å². The van der Waals surface area contributed by atoms with E-state index in [-0.39, 0.29) is 24.2 Å². The fourth-order valence-electron chi connectivity index (χ4n) is 3.30. The van der Waals surface area contributed by atoms with E-state index in [4.69, 9.17) is 0 Å². The lowest BCUT2D eigenvalue weighted by Crippen LogP contribution is -2.28. The zero-order valence-corrected chi connectivity index (χ0v) is 15.7. The van der Waals surface area contributed by atoms with Crippen molar-refractivity contribution in [1.82, 2.24) is 0 Å². The maximum Gasteiger partial charge on any atom is 0.229 e. The summed E-state index contributed by atoms with van der Waals surface area (Å²) in [5.74, 6) is 0.0972. The number of rotatable bonds is 5. The molecule has 0 spiro atoms. The number of carbonyl (C=O) groups is 2. The molecule has 2 atom stereocenters. The number of aryl methyl sites for hydroxylation is 1. The van der Waals surface area contributed by atoms with Crippen molar-refractivity contribution in [2.75, 3.05) is 16.8 Å². The highest BCUT2D eigenvalue weighted by atomic mass is 16.2. The van der Waals surface area contributed by atoms with Crippen LogP contribution in [-0.4, -0.2) is 18.4 Å². The Hall–Kier alpha value is -2.62. The van der Waals surface area contributed by atoms with Crippen molar-refractivity contribution in [3.8, 4) is 0 Å². The van der Waals surface area contributed by atoms with Crippen molar-refractivity contribution in [1.29, 1.82) is 0 Å². The molecule has 2 aromatic carbocycles. The van der Waals surface area contributed by atoms with E-state index in [0.717, 1.165) is 23.4 Å². The molecule has 1 aliphatic heterocycles. The Balaban J connectivity index is 1.65. The number of hydrogen-bond acceptors (Lipinski definition) is 2. The van der Waals surface area contributed by atoms with Crippen LogP contribution in [0.5, 0.6) is 0 Å². The number of amides is 2. The summed E-state index contributed by atoms with van der Waals surface area (Å²) in [6.45, 7) is 6.78. The molecule has 1 heterocycles. The Bertz CT molecular complexity index is 798. The van der Waals surface area contributed by atoms with Crippen LogP contribution < -0.4 is 10.2 Å². The van der Waals surface area contributed by atoms with E-state index in [1.54, 1.807) is 4.90 Å². The Morgan fingerprint density at radius 2 is 1.96 bits per heavy atom. The summed E-state index contributed by atoms with van der Waals surface area (Å²) in [7, 11) is 0. The Labute approximate surface area is 155 Å². The van der Waals surface area contributed by atoms with Crippen LogP contribution in [0, 0.1) is 12.8 Å². The summed E-state index contributed by atoms with van der Waals surface area (Å²) in [6, 6.07) is 15.8. The molecule has 4 heteroatoms. The second-order valence-corrected chi connectivity index (χ2v) is 7.16. The number of nitrogens with zero attached hydrogens (tertiary/aromatic N) is 1.